The average Bonchev–Trinajstić information content (AvgIpc) is 2.68. The van der Waals surface area contributed by atoms with E-state index in [0.717, 1.165) is 22.5 Å². The maximum Gasteiger partial charge on any atom is 0.175 e. The fourth-order valence-electron chi connectivity index (χ4n) is 2.17. The molecule has 0 radical (unpaired) electrons. The van der Waals surface area contributed by atoms with Crippen molar-refractivity contribution in [2.45, 2.75) is 20.4 Å². The second-order valence-electron chi connectivity index (χ2n) is 4.55. The van der Waals surface area contributed by atoms with Crippen molar-refractivity contribution in [1.82, 2.24) is 4.57 Å². The van der Waals surface area contributed by atoms with Crippen molar-refractivity contribution in [2.24, 2.45) is 0 Å². The Morgan fingerprint density at radius 3 is 2.47 bits per heavy atom. The van der Waals surface area contributed by atoms with Crippen LogP contribution in [0, 0.1) is 19.7 Å². The Labute approximate surface area is 120 Å². The van der Waals surface area contributed by atoms with Gasteiger partial charge in [0.25, 0.3) is 0 Å². The Kier molecular flexibility index (Phi) is 4.20. The number of carbonyl (C=O) groups is 1. The number of carbonyl (C=O) groups excluding carboxylic acids is 1. The number of aryl methyl sites for hydroxylation is 1. The van der Waals surface area contributed by atoms with Crippen LogP contribution in [0.5, 0.6) is 0 Å². The van der Waals surface area contributed by atoms with Gasteiger partial charge in [0.1, 0.15) is 5.82 Å². The first-order valence-electron chi connectivity index (χ1n) is 6.03. The maximum atomic E-state index is 12.9. The summed E-state index contributed by atoms with van der Waals surface area (Å²) >= 11 is 3.19. The highest BCUT2D eigenvalue weighted by Crippen LogP contribution is 2.18. The van der Waals surface area contributed by atoms with E-state index in [2.05, 4.69) is 20.5 Å². The molecule has 0 aliphatic rings. The molecule has 0 saturated heterocycles. The van der Waals surface area contributed by atoms with Crippen LogP contribution >= 0.6 is 15.9 Å². The number of nitrogens with zero attached hydrogens (tertiary/aromatic N) is 1. The first-order valence-corrected chi connectivity index (χ1v) is 7.15. The van der Waals surface area contributed by atoms with Gasteiger partial charge in [-0.15, -0.1) is 0 Å². The van der Waals surface area contributed by atoms with E-state index in [1.165, 1.54) is 12.1 Å². The Balaban J connectivity index is 2.33. The zero-order valence-electron chi connectivity index (χ0n) is 10.9. The number of rotatable bonds is 4. The van der Waals surface area contributed by atoms with E-state index in [0.29, 0.717) is 11.9 Å². The predicted molar refractivity (Wildman–Crippen MR) is 77.5 cm³/mol. The molecule has 0 fully saturated rings. The number of hydrogen-bond donors (Lipinski definition) is 0. The minimum absolute atomic E-state index is 0.0819. The third-order valence-electron chi connectivity index (χ3n) is 3.25. The van der Waals surface area contributed by atoms with Gasteiger partial charge in [-0.2, -0.15) is 0 Å². The SMILES string of the molecule is Cc1cc(C(=O)CBr)c(C)n1Cc1ccc(F)cc1. The van der Waals surface area contributed by atoms with E-state index in [1.54, 1.807) is 12.1 Å². The highest BCUT2D eigenvalue weighted by molar-refractivity contribution is 9.09. The number of halogens is 2. The number of Topliss-reactive ketones (excluding diaryl/α,β-unsaturated/α-hetero) is 1. The van der Waals surface area contributed by atoms with Crippen molar-refractivity contribution in [3.63, 3.8) is 0 Å². The molecule has 100 valence electrons. The van der Waals surface area contributed by atoms with Crippen LogP contribution in [0.4, 0.5) is 4.39 Å². The minimum Gasteiger partial charge on any atom is -0.344 e. The lowest BCUT2D eigenvalue weighted by molar-refractivity contribution is 0.102. The summed E-state index contributed by atoms with van der Waals surface area (Å²) in [5, 5.41) is 0.327. The van der Waals surface area contributed by atoms with Gasteiger partial charge in [-0.1, -0.05) is 28.1 Å². The van der Waals surface area contributed by atoms with Gasteiger partial charge in [0.05, 0.1) is 5.33 Å². The Morgan fingerprint density at radius 1 is 1.26 bits per heavy atom. The lowest BCUT2D eigenvalue weighted by Gasteiger charge is -2.10. The van der Waals surface area contributed by atoms with Crippen molar-refractivity contribution < 1.29 is 9.18 Å². The lowest BCUT2D eigenvalue weighted by atomic mass is 10.2. The monoisotopic (exact) mass is 323 g/mol. The van der Waals surface area contributed by atoms with Gasteiger partial charge < -0.3 is 4.57 Å². The molecule has 1 aromatic heterocycles. The van der Waals surface area contributed by atoms with Crippen LogP contribution in [-0.2, 0) is 6.54 Å². The minimum atomic E-state index is -0.236. The summed E-state index contributed by atoms with van der Waals surface area (Å²) in [4.78, 5) is 11.8. The van der Waals surface area contributed by atoms with Crippen LogP contribution < -0.4 is 0 Å². The molecule has 0 bridgehead atoms. The van der Waals surface area contributed by atoms with Crippen LogP contribution in [0.3, 0.4) is 0 Å². The third-order valence-corrected chi connectivity index (χ3v) is 3.76. The molecular weight excluding hydrogens is 309 g/mol. The van der Waals surface area contributed by atoms with E-state index < -0.39 is 0 Å². The molecule has 0 N–H and O–H groups in total. The highest BCUT2D eigenvalue weighted by Gasteiger charge is 2.14. The molecule has 2 rings (SSSR count). The molecule has 1 heterocycles. The molecule has 0 aliphatic carbocycles. The van der Waals surface area contributed by atoms with Gasteiger partial charge in [0.15, 0.2) is 5.78 Å². The zero-order valence-corrected chi connectivity index (χ0v) is 12.5. The van der Waals surface area contributed by atoms with Crippen molar-refractivity contribution in [2.75, 3.05) is 5.33 Å². The Bertz CT molecular complexity index is 601. The molecule has 0 atom stereocenters. The molecule has 0 unspecified atom stereocenters. The third kappa shape index (κ3) is 2.95. The van der Waals surface area contributed by atoms with Crippen molar-refractivity contribution in [3.05, 3.63) is 58.7 Å². The second-order valence-corrected chi connectivity index (χ2v) is 5.11. The molecule has 0 saturated carbocycles. The summed E-state index contributed by atoms with van der Waals surface area (Å²) in [6, 6.07) is 8.34. The topological polar surface area (TPSA) is 22.0 Å². The largest absolute Gasteiger partial charge is 0.344 e. The fraction of sp³-hybridized carbons (Fsp3) is 0.267. The van der Waals surface area contributed by atoms with Crippen molar-refractivity contribution in [3.8, 4) is 0 Å². The number of aromatic nitrogens is 1. The van der Waals surface area contributed by atoms with Gasteiger partial charge in [-0.3, -0.25) is 4.79 Å². The summed E-state index contributed by atoms with van der Waals surface area (Å²) in [6.45, 7) is 4.56. The first kappa shape index (κ1) is 14.0. The van der Waals surface area contributed by atoms with Crippen LogP contribution in [0.15, 0.2) is 30.3 Å². The van der Waals surface area contributed by atoms with Gasteiger partial charge >= 0.3 is 0 Å². The zero-order chi connectivity index (χ0) is 14.0. The van der Waals surface area contributed by atoms with Gasteiger partial charge in [-0.25, -0.2) is 4.39 Å². The van der Waals surface area contributed by atoms with E-state index in [4.69, 9.17) is 0 Å². The Hall–Kier alpha value is -1.42. The number of hydrogen-bond acceptors (Lipinski definition) is 1. The average molecular weight is 324 g/mol. The molecule has 4 heteroatoms. The molecule has 0 aliphatic heterocycles. The second kappa shape index (κ2) is 5.70. The summed E-state index contributed by atoms with van der Waals surface area (Å²) in [6.07, 6.45) is 0. The van der Waals surface area contributed by atoms with E-state index >= 15 is 0 Å². The van der Waals surface area contributed by atoms with E-state index in [-0.39, 0.29) is 11.6 Å². The summed E-state index contributed by atoms with van der Waals surface area (Å²) < 4.78 is 15.0. The molecule has 0 spiro atoms. The Morgan fingerprint density at radius 2 is 1.89 bits per heavy atom. The molecule has 1 aromatic carbocycles. The molecule has 19 heavy (non-hydrogen) atoms. The molecule has 0 amide bonds. The quantitative estimate of drug-likeness (QED) is 0.618. The van der Waals surface area contributed by atoms with Crippen LogP contribution in [0.25, 0.3) is 0 Å². The number of ketones is 1. The molecular formula is C15H15BrFNO. The van der Waals surface area contributed by atoms with Gasteiger partial charge in [-0.05, 0) is 37.6 Å². The maximum absolute atomic E-state index is 12.9. The molecule has 2 nitrogen and oxygen atoms in total. The van der Waals surface area contributed by atoms with Crippen molar-refractivity contribution in [1.29, 1.82) is 0 Å². The number of benzene rings is 1. The van der Waals surface area contributed by atoms with Crippen LogP contribution in [0.1, 0.15) is 27.3 Å². The van der Waals surface area contributed by atoms with Crippen LogP contribution in [-0.4, -0.2) is 15.7 Å². The summed E-state index contributed by atoms with van der Waals surface area (Å²) in [5.74, 6) is -0.154. The van der Waals surface area contributed by atoms with E-state index in [9.17, 15) is 9.18 Å². The standard InChI is InChI=1S/C15H15BrFNO/c1-10-7-14(15(19)8-16)11(2)18(10)9-12-3-5-13(17)6-4-12/h3-7H,8-9H2,1-2H3. The molecule has 2 aromatic rings. The number of alkyl halides is 1. The highest BCUT2D eigenvalue weighted by atomic mass is 79.9. The smallest absolute Gasteiger partial charge is 0.175 e. The van der Waals surface area contributed by atoms with Crippen molar-refractivity contribution >= 4 is 21.7 Å². The van der Waals surface area contributed by atoms with Crippen LogP contribution in [0.2, 0.25) is 0 Å². The van der Waals surface area contributed by atoms with Gasteiger partial charge in [0, 0.05) is 23.5 Å². The summed E-state index contributed by atoms with van der Waals surface area (Å²) in [7, 11) is 0. The predicted octanol–water partition coefficient (Wildman–Crippen LogP) is 3.87. The van der Waals surface area contributed by atoms with E-state index in [1.807, 2.05) is 19.9 Å². The normalized spacial score (nSPS) is 10.7. The fourth-order valence-corrected chi connectivity index (χ4v) is 2.47. The van der Waals surface area contributed by atoms with Gasteiger partial charge in [0.2, 0.25) is 0 Å². The summed E-state index contributed by atoms with van der Waals surface area (Å²) in [5.41, 5.74) is 3.75. The lowest BCUT2D eigenvalue weighted by Crippen LogP contribution is -2.06. The first-order chi connectivity index (χ1) is 9.02.